The molecule has 26 heavy (non-hydrogen) atoms. The number of hydrogen-bond acceptors (Lipinski definition) is 3. The zero-order valence-electron chi connectivity index (χ0n) is 13.9. The van der Waals surface area contributed by atoms with Crippen molar-refractivity contribution in [3.8, 4) is 0 Å². The molecule has 3 aromatic rings. The van der Waals surface area contributed by atoms with E-state index < -0.39 is 18.9 Å². The molecule has 4 nitrogen and oxygen atoms in total. The molecule has 0 fully saturated rings. The Morgan fingerprint density at radius 2 is 2.00 bits per heavy atom. The molecule has 0 radical (unpaired) electrons. The van der Waals surface area contributed by atoms with Crippen LogP contribution in [-0.4, -0.2) is 17.5 Å². The minimum absolute atomic E-state index is 0.518. The van der Waals surface area contributed by atoms with Gasteiger partial charge in [0.15, 0.2) is 0 Å². The fourth-order valence-electron chi connectivity index (χ4n) is 2.71. The lowest BCUT2D eigenvalue weighted by atomic mass is 10.1. The summed E-state index contributed by atoms with van der Waals surface area (Å²) < 4.78 is 13.4. The van der Waals surface area contributed by atoms with Crippen LogP contribution in [0.3, 0.4) is 0 Å². The van der Waals surface area contributed by atoms with Crippen molar-refractivity contribution in [3.63, 3.8) is 0 Å². The molecule has 0 bridgehead atoms. The van der Waals surface area contributed by atoms with Gasteiger partial charge in [0.1, 0.15) is 5.66 Å². The van der Waals surface area contributed by atoms with Gasteiger partial charge in [-0.2, -0.15) is 0 Å². The summed E-state index contributed by atoms with van der Waals surface area (Å²) in [5, 5.41) is 5.62. The molecule has 0 saturated carbocycles. The van der Waals surface area contributed by atoms with Gasteiger partial charge < -0.3 is 10.2 Å². The zero-order chi connectivity index (χ0) is 18.7. The Morgan fingerprint density at radius 1 is 1.27 bits per heavy atom. The first kappa shape index (κ1) is 18.9. The maximum atomic E-state index is 12.7. The van der Waals surface area contributed by atoms with Crippen molar-refractivity contribution in [1.82, 2.24) is 5.32 Å². The van der Waals surface area contributed by atoms with Gasteiger partial charge in [-0.05, 0) is 46.2 Å². The van der Waals surface area contributed by atoms with Crippen molar-refractivity contribution >= 4 is 52.4 Å². The third kappa shape index (κ3) is 4.25. The van der Waals surface area contributed by atoms with Gasteiger partial charge in [-0.1, -0.05) is 41.9 Å². The molecule has 0 aliphatic heterocycles. The van der Waals surface area contributed by atoms with Crippen LogP contribution in [0.2, 0.25) is 5.02 Å². The van der Waals surface area contributed by atoms with Crippen molar-refractivity contribution < 1.29 is 14.3 Å². The smallest absolute Gasteiger partial charge is 0.241 e. The summed E-state index contributed by atoms with van der Waals surface area (Å²) in [6, 6.07) is 14.8. The van der Waals surface area contributed by atoms with Crippen molar-refractivity contribution in [2.75, 3.05) is 6.66 Å². The molecule has 3 rings (SSSR count). The minimum atomic E-state index is -3.73. The Balaban J connectivity index is 1.91. The number of carbonyl (C=O) groups is 1. The summed E-state index contributed by atoms with van der Waals surface area (Å²) in [5.74, 6) is -0.523. The zero-order valence-corrected chi connectivity index (χ0v) is 16.4. The third-order valence-electron chi connectivity index (χ3n) is 3.89. The first-order valence-electron chi connectivity index (χ1n) is 7.85. The number of benzene rings is 2. The SMILES string of the molecule is CP(=O)(O)C(C(=O)N/C=C/c1ccccc1)c1csc2ccc(Cl)cc12. The number of carbonyl (C=O) groups excluding carboxylic acids is 1. The summed E-state index contributed by atoms with van der Waals surface area (Å²) >= 11 is 7.48. The third-order valence-corrected chi connectivity index (χ3v) is 6.58. The molecular formula is C19H17ClNO3PS. The number of nitrogens with one attached hydrogen (secondary N) is 1. The number of halogens is 1. The molecular weight excluding hydrogens is 389 g/mol. The molecule has 2 atom stereocenters. The minimum Gasteiger partial charge on any atom is -0.344 e. The Labute approximate surface area is 160 Å². The standard InChI is InChI=1S/C19H17ClNO3PS/c1-25(23,24)18(16-12-26-17-8-7-14(20)11-15(16)17)19(22)21-10-9-13-5-3-2-4-6-13/h2-12,18H,1H3,(H,21,22)(H,23,24)/b10-9+. The van der Waals surface area contributed by atoms with Gasteiger partial charge in [0, 0.05) is 22.6 Å². The lowest BCUT2D eigenvalue weighted by Gasteiger charge is -2.18. The summed E-state index contributed by atoms with van der Waals surface area (Å²) in [6.45, 7) is 1.20. The lowest BCUT2D eigenvalue weighted by molar-refractivity contribution is -0.120. The summed E-state index contributed by atoms with van der Waals surface area (Å²) in [7, 11) is -3.73. The molecule has 0 aliphatic rings. The van der Waals surface area contributed by atoms with E-state index >= 15 is 0 Å². The average Bonchev–Trinajstić information content (AvgIpc) is 2.97. The van der Waals surface area contributed by atoms with Crippen LogP contribution in [0.4, 0.5) is 0 Å². The van der Waals surface area contributed by atoms with Crippen LogP contribution in [0.1, 0.15) is 16.8 Å². The second kappa shape index (κ2) is 7.77. The van der Waals surface area contributed by atoms with Crippen LogP contribution < -0.4 is 5.32 Å². The molecule has 1 heterocycles. The van der Waals surface area contributed by atoms with E-state index in [1.165, 1.54) is 24.2 Å². The highest BCUT2D eigenvalue weighted by molar-refractivity contribution is 7.58. The van der Waals surface area contributed by atoms with Crippen molar-refractivity contribution in [2.45, 2.75) is 5.66 Å². The van der Waals surface area contributed by atoms with Gasteiger partial charge in [-0.15, -0.1) is 11.3 Å². The van der Waals surface area contributed by atoms with E-state index in [1.54, 1.807) is 23.6 Å². The molecule has 0 aliphatic carbocycles. The molecule has 2 aromatic carbocycles. The fourth-order valence-corrected chi connectivity index (χ4v) is 5.19. The van der Waals surface area contributed by atoms with Crippen molar-refractivity contribution in [3.05, 3.63) is 76.3 Å². The van der Waals surface area contributed by atoms with E-state index in [0.717, 1.165) is 15.6 Å². The predicted octanol–water partition coefficient (Wildman–Crippen LogP) is 5.28. The van der Waals surface area contributed by atoms with Crippen LogP contribution in [0.5, 0.6) is 0 Å². The topological polar surface area (TPSA) is 66.4 Å². The maximum Gasteiger partial charge on any atom is 0.241 e. The highest BCUT2D eigenvalue weighted by atomic mass is 35.5. The second-order valence-electron chi connectivity index (χ2n) is 5.93. The Morgan fingerprint density at radius 3 is 2.69 bits per heavy atom. The van der Waals surface area contributed by atoms with Gasteiger partial charge in [0.05, 0.1) is 0 Å². The fraction of sp³-hybridized carbons (Fsp3) is 0.105. The largest absolute Gasteiger partial charge is 0.344 e. The first-order chi connectivity index (χ1) is 12.4. The predicted molar refractivity (Wildman–Crippen MR) is 109 cm³/mol. The van der Waals surface area contributed by atoms with Crippen LogP contribution in [0.25, 0.3) is 16.2 Å². The highest BCUT2D eigenvalue weighted by Crippen LogP contribution is 2.54. The quantitative estimate of drug-likeness (QED) is 0.567. The summed E-state index contributed by atoms with van der Waals surface area (Å²) in [6.07, 6.45) is 3.22. The van der Waals surface area contributed by atoms with Crippen LogP contribution in [0.15, 0.2) is 60.1 Å². The molecule has 1 aromatic heterocycles. The molecule has 0 spiro atoms. The Hall–Kier alpha value is -1.91. The van der Waals surface area contributed by atoms with E-state index in [0.29, 0.717) is 10.6 Å². The van der Waals surface area contributed by atoms with Crippen LogP contribution in [-0.2, 0) is 9.36 Å². The average molecular weight is 406 g/mol. The number of hydrogen-bond donors (Lipinski definition) is 2. The molecule has 134 valence electrons. The number of thiophene rings is 1. The molecule has 2 N–H and O–H groups in total. The van der Waals surface area contributed by atoms with E-state index in [4.69, 9.17) is 11.6 Å². The number of fused-ring (bicyclic) bond motifs is 1. The summed E-state index contributed by atoms with van der Waals surface area (Å²) in [4.78, 5) is 22.9. The van der Waals surface area contributed by atoms with Gasteiger partial charge >= 0.3 is 0 Å². The second-order valence-corrected chi connectivity index (χ2v) is 9.68. The van der Waals surface area contributed by atoms with Crippen molar-refractivity contribution in [1.29, 1.82) is 0 Å². The molecule has 2 unspecified atom stereocenters. The molecule has 1 amide bonds. The normalized spacial score (nSPS) is 15.0. The van der Waals surface area contributed by atoms with Gasteiger partial charge in [-0.25, -0.2) is 0 Å². The van der Waals surface area contributed by atoms with E-state index in [9.17, 15) is 14.3 Å². The van der Waals surface area contributed by atoms with E-state index in [-0.39, 0.29) is 0 Å². The Kier molecular flexibility index (Phi) is 5.64. The van der Waals surface area contributed by atoms with Crippen LogP contribution >= 0.6 is 30.3 Å². The number of rotatable bonds is 5. The van der Waals surface area contributed by atoms with E-state index in [2.05, 4.69) is 5.32 Å². The molecule has 7 heteroatoms. The van der Waals surface area contributed by atoms with Crippen LogP contribution in [0, 0.1) is 0 Å². The van der Waals surface area contributed by atoms with Gasteiger partial charge in [0.2, 0.25) is 13.3 Å². The number of amides is 1. The lowest BCUT2D eigenvalue weighted by Crippen LogP contribution is -2.25. The maximum absolute atomic E-state index is 12.7. The van der Waals surface area contributed by atoms with E-state index in [1.807, 2.05) is 36.4 Å². The monoisotopic (exact) mass is 405 g/mol. The first-order valence-corrected chi connectivity index (χ1v) is 11.3. The van der Waals surface area contributed by atoms with Gasteiger partial charge in [-0.3, -0.25) is 9.36 Å². The van der Waals surface area contributed by atoms with Gasteiger partial charge in [0.25, 0.3) is 0 Å². The van der Waals surface area contributed by atoms with Crippen molar-refractivity contribution in [2.24, 2.45) is 0 Å². The Bertz CT molecular complexity index is 1010. The summed E-state index contributed by atoms with van der Waals surface area (Å²) in [5.41, 5.74) is 0.280. The highest BCUT2D eigenvalue weighted by Gasteiger charge is 2.35. The molecule has 0 saturated heterocycles.